The zero-order valence-electron chi connectivity index (χ0n) is 16.6. The van der Waals surface area contributed by atoms with Gasteiger partial charge in [-0.2, -0.15) is 0 Å². The second-order valence-electron chi connectivity index (χ2n) is 7.92. The van der Waals surface area contributed by atoms with E-state index in [9.17, 15) is 4.79 Å². The van der Waals surface area contributed by atoms with Crippen LogP contribution in [0.5, 0.6) is 0 Å². The fraction of sp³-hybridized carbons (Fsp3) is 0.421. The van der Waals surface area contributed by atoms with Crippen LogP contribution in [0.4, 0.5) is 5.82 Å². The van der Waals surface area contributed by atoms with Gasteiger partial charge in [0.2, 0.25) is 0 Å². The molecule has 0 aromatic carbocycles. The molecule has 1 fully saturated rings. The largest absolute Gasteiger partial charge is 0.496 e. The van der Waals surface area contributed by atoms with E-state index < -0.39 is 18.3 Å². The summed E-state index contributed by atoms with van der Waals surface area (Å²) in [4.78, 5) is 22.2. The van der Waals surface area contributed by atoms with E-state index in [0.29, 0.717) is 22.6 Å². The van der Waals surface area contributed by atoms with Crippen LogP contribution in [0.2, 0.25) is 0 Å². The van der Waals surface area contributed by atoms with Crippen molar-refractivity contribution in [1.29, 1.82) is 0 Å². The maximum absolute atomic E-state index is 12.0. The van der Waals surface area contributed by atoms with E-state index in [-0.39, 0.29) is 5.91 Å². The van der Waals surface area contributed by atoms with Crippen molar-refractivity contribution >= 4 is 24.3 Å². The van der Waals surface area contributed by atoms with Gasteiger partial charge in [0.05, 0.1) is 22.5 Å². The molecule has 0 radical (unpaired) electrons. The van der Waals surface area contributed by atoms with Crippen LogP contribution in [0, 0.1) is 0 Å². The number of amides is 1. The second-order valence-corrected chi connectivity index (χ2v) is 7.92. The molecular formula is C19H25BN4O3. The predicted octanol–water partition coefficient (Wildman–Crippen LogP) is 1.73. The van der Waals surface area contributed by atoms with Crippen molar-refractivity contribution < 1.29 is 14.1 Å². The number of anilines is 1. The van der Waals surface area contributed by atoms with Gasteiger partial charge in [-0.05, 0) is 45.9 Å². The van der Waals surface area contributed by atoms with Crippen molar-refractivity contribution in [3.05, 3.63) is 36.2 Å². The summed E-state index contributed by atoms with van der Waals surface area (Å²) in [7, 11) is 2.87. The molecule has 142 valence electrons. The Morgan fingerprint density at radius 2 is 1.70 bits per heavy atom. The fourth-order valence-corrected chi connectivity index (χ4v) is 2.74. The van der Waals surface area contributed by atoms with Gasteiger partial charge >= 0.3 is 7.12 Å². The average molecular weight is 368 g/mol. The van der Waals surface area contributed by atoms with Crippen LogP contribution in [0.3, 0.4) is 0 Å². The molecule has 2 aromatic rings. The van der Waals surface area contributed by atoms with E-state index in [4.69, 9.17) is 15.0 Å². The number of carbonyl (C=O) groups excluding carboxylic acids is 1. The third-order valence-electron chi connectivity index (χ3n) is 5.16. The smallest absolute Gasteiger partial charge is 0.399 e. The summed E-state index contributed by atoms with van der Waals surface area (Å²) in [5.74, 6) is 0.251. The lowest BCUT2D eigenvalue weighted by Gasteiger charge is -2.32. The fourth-order valence-electron chi connectivity index (χ4n) is 2.74. The number of nitrogen functional groups attached to an aromatic ring is 1. The van der Waals surface area contributed by atoms with Gasteiger partial charge in [-0.25, -0.2) is 4.98 Å². The molecule has 1 aliphatic heterocycles. The Morgan fingerprint density at radius 3 is 2.22 bits per heavy atom. The van der Waals surface area contributed by atoms with E-state index in [1.54, 1.807) is 38.6 Å². The summed E-state index contributed by atoms with van der Waals surface area (Å²) in [6, 6.07) is 5.37. The summed E-state index contributed by atoms with van der Waals surface area (Å²) < 4.78 is 12.2. The Labute approximate surface area is 160 Å². The van der Waals surface area contributed by atoms with Crippen LogP contribution < -0.4 is 11.2 Å². The van der Waals surface area contributed by atoms with Gasteiger partial charge in [0.25, 0.3) is 5.91 Å². The number of nitrogens with two attached hydrogens (primary N) is 1. The standard InChI is InChI=1S/C19H25BN4O3/c1-18(2)19(3,4)27-20(26-18)13-9-14(16(21)23-11-13)15-8-7-12(10-22-15)17(25)24(5)6/h7-11H,1-6H3,(H2,21,23). The van der Waals surface area contributed by atoms with Gasteiger partial charge in [-0.15, -0.1) is 0 Å². The van der Waals surface area contributed by atoms with Gasteiger partial charge < -0.3 is 19.9 Å². The van der Waals surface area contributed by atoms with Crippen molar-refractivity contribution in [2.45, 2.75) is 38.9 Å². The Kier molecular flexibility index (Phi) is 4.73. The molecule has 2 aromatic heterocycles. The van der Waals surface area contributed by atoms with Crippen LogP contribution >= 0.6 is 0 Å². The summed E-state index contributed by atoms with van der Waals surface area (Å²) in [6.07, 6.45) is 3.20. The highest BCUT2D eigenvalue weighted by molar-refractivity contribution is 6.62. The van der Waals surface area contributed by atoms with Gasteiger partial charge in [0.1, 0.15) is 5.82 Å². The Bertz CT molecular complexity index is 850. The normalized spacial score (nSPS) is 17.8. The number of aromatic nitrogens is 2. The molecule has 2 N–H and O–H groups in total. The Balaban J connectivity index is 1.92. The van der Waals surface area contributed by atoms with Gasteiger partial charge in [0.15, 0.2) is 0 Å². The van der Waals surface area contributed by atoms with Crippen LogP contribution in [-0.2, 0) is 9.31 Å². The molecule has 0 bridgehead atoms. The first-order chi connectivity index (χ1) is 12.5. The van der Waals surface area contributed by atoms with Gasteiger partial charge in [-0.1, -0.05) is 0 Å². The summed E-state index contributed by atoms with van der Waals surface area (Å²) in [5, 5.41) is 0. The van der Waals surface area contributed by atoms with E-state index in [2.05, 4.69) is 9.97 Å². The third-order valence-corrected chi connectivity index (χ3v) is 5.16. The van der Waals surface area contributed by atoms with E-state index in [0.717, 1.165) is 5.46 Å². The highest BCUT2D eigenvalue weighted by Gasteiger charge is 2.51. The van der Waals surface area contributed by atoms with Crippen LogP contribution in [0.15, 0.2) is 30.6 Å². The first-order valence-corrected chi connectivity index (χ1v) is 8.81. The molecule has 1 aliphatic rings. The topological polar surface area (TPSA) is 90.6 Å². The summed E-state index contributed by atoms with van der Waals surface area (Å²) >= 11 is 0. The average Bonchev–Trinajstić information content (AvgIpc) is 2.82. The molecular weight excluding hydrogens is 343 g/mol. The number of hydrogen-bond acceptors (Lipinski definition) is 6. The zero-order valence-corrected chi connectivity index (χ0v) is 16.6. The number of carbonyl (C=O) groups is 1. The maximum Gasteiger partial charge on any atom is 0.496 e. The van der Waals surface area contributed by atoms with Crippen molar-refractivity contribution in [2.75, 3.05) is 19.8 Å². The Hall–Kier alpha value is -2.45. The van der Waals surface area contributed by atoms with E-state index >= 15 is 0 Å². The maximum atomic E-state index is 12.0. The quantitative estimate of drug-likeness (QED) is 0.830. The minimum Gasteiger partial charge on any atom is -0.399 e. The Morgan fingerprint density at radius 1 is 1.07 bits per heavy atom. The molecule has 0 aliphatic carbocycles. The van der Waals surface area contributed by atoms with Crippen LogP contribution in [-0.4, -0.2) is 53.2 Å². The van der Waals surface area contributed by atoms with Crippen LogP contribution in [0.25, 0.3) is 11.3 Å². The molecule has 3 rings (SSSR count). The molecule has 3 heterocycles. The molecule has 8 heteroatoms. The van der Waals surface area contributed by atoms with Crippen molar-refractivity contribution in [3.8, 4) is 11.3 Å². The third kappa shape index (κ3) is 3.55. The van der Waals surface area contributed by atoms with Crippen molar-refractivity contribution in [2.24, 2.45) is 0 Å². The molecule has 0 atom stereocenters. The summed E-state index contributed by atoms with van der Waals surface area (Å²) in [6.45, 7) is 8.00. The first-order valence-electron chi connectivity index (χ1n) is 8.81. The summed E-state index contributed by atoms with van der Waals surface area (Å²) in [5.41, 5.74) is 7.78. The van der Waals surface area contributed by atoms with Crippen molar-refractivity contribution in [1.82, 2.24) is 14.9 Å². The number of nitrogens with zero attached hydrogens (tertiary/aromatic N) is 3. The monoisotopic (exact) mass is 368 g/mol. The second kappa shape index (κ2) is 6.62. The predicted molar refractivity (Wildman–Crippen MR) is 106 cm³/mol. The molecule has 7 nitrogen and oxygen atoms in total. The van der Waals surface area contributed by atoms with Crippen LogP contribution in [0.1, 0.15) is 38.1 Å². The minimum atomic E-state index is -0.531. The first kappa shape index (κ1) is 19.3. The molecule has 0 spiro atoms. The molecule has 1 saturated heterocycles. The SMILES string of the molecule is CN(C)C(=O)c1ccc(-c2cc(B3OC(C)(C)C(C)(C)O3)cnc2N)nc1. The zero-order chi connectivity index (χ0) is 20.0. The highest BCUT2D eigenvalue weighted by Crippen LogP contribution is 2.36. The lowest BCUT2D eigenvalue weighted by atomic mass is 9.79. The van der Waals surface area contributed by atoms with Gasteiger partial charge in [-0.3, -0.25) is 9.78 Å². The van der Waals surface area contributed by atoms with Crippen molar-refractivity contribution in [3.63, 3.8) is 0 Å². The molecule has 0 saturated carbocycles. The lowest BCUT2D eigenvalue weighted by Crippen LogP contribution is -2.41. The van der Waals surface area contributed by atoms with Gasteiger partial charge in [0, 0.05) is 37.5 Å². The lowest BCUT2D eigenvalue weighted by molar-refractivity contribution is 0.00578. The van der Waals surface area contributed by atoms with E-state index in [1.165, 1.54) is 4.90 Å². The minimum absolute atomic E-state index is 0.105. The molecule has 27 heavy (non-hydrogen) atoms. The number of pyridine rings is 2. The number of hydrogen-bond donors (Lipinski definition) is 1. The number of rotatable bonds is 3. The molecule has 1 amide bonds. The highest BCUT2D eigenvalue weighted by atomic mass is 16.7. The van der Waals surface area contributed by atoms with E-state index in [1.807, 2.05) is 33.8 Å². The molecule has 0 unspecified atom stereocenters.